The Morgan fingerprint density at radius 2 is 1.78 bits per heavy atom. The number of benzene rings is 2. The second-order valence-corrected chi connectivity index (χ2v) is 4.25. The van der Waals surface area contributed by atoms with Crippen molar-refractivity contribution < 1.29 is 0 Å². The Bertz CT molecular complexity index is 553. The first-order chi connectivity index (χ1) is 8.83. The minimum Gasteiger partial charge on any atom is -0.309 e. The summed E-state index contributed by atoms with van der Waals surface area (Å²) >= 11 is 0. The highest BCUT2D eigenvalue weighted by atomic mass is 14.3. The van der Waals surface area contributed by atoms with Crippen LogP contribution in [-0.2, 0) is 6.42 Å². The zero-order chi connectivity index (χ0) is 12.8. The summed E-state index contributed by atoms with van der Waals surface area (Å²) in [4.78, 5) is 0. The number of hydrogen-bond acceptors (Lipinski definition) is 1. The molecule has 0 fully saturated rings. The van der Waals surface area contributed by atoms with Gasteiger partial charge in [0.2, 0.25) is 0 Å². The highest BCUT2D eigenvalue weighted by molar-refractivity contribution is 5.69. The third-order valence-electron chi connectivity index (χ3n) is 3.10. The Balaban J connectivity index is 2.36. The van der Waals surface area contributed by atoms with Crippen molar-refractivity contribution in [1.29, 1.82) is 5.41 Å². The van der Waals surface area contributed by atoms with E-state index < -0.39 is 0 Å². The average Bonchev–Trinajstić information content (AvgIpc) is 2.42. The molecule has 2 aromatic carbocycles. The van der Waals surface area contributed by atoms with Crippen molar-refractivity contribution in [2.24, 2.45) is 0 Å². The molecule has 1 nitrogen and oxygen atoms in total. The van der Waals surface area contributed by atoms with Crippen molar-refractivity contribution in [2.75, 3.05) is 0 Å². The van der Waals surface area contributed by atoms with Crippen molar-refractivity contribution in [3.05, 3.63) is 71.8 Å². The van der Waals surface area contributed by atoms with Gasteiger partial charge in [-0.3, -0.25) is 0 Å². The minimum atomic E-state index is 0.877. The van der Waals surface area contributed by atoms with Gasteiger partial charge in [-0.25, -0.2) is 0 Å². The molecule has 0 bridgehead atoms. The smallest absolute Gasteiger partial charge is 0.0174 e. The standard InChI is InChI=1S/C17H17N/c1-14-15(8-5-6-13-18)11-7-12-17(14)16-9-3-2-4-10-16/h2-7,9-13,18H,8H2,1H3/b6-5-,18-13?. The van der Waals surface area contributed by atoms with Crippen molar-refractivity contribution in [1.82, 2.24) is 0 Å². The van der Waals surface area contributed by atoms with Crippen LogP contribution in [0.2, 0.25) is 0 Å². The van der Waals surface area contributed by atoms with Gasteiger partial charge < -0.3 is 5.41 Å². The Morgan fingerprint density at radius 1 is 1.00 bits per heavy atom. The van der Waals surface area contributed by atoms with E-state index in [0.29, 0.717) is 0 Å². The molecule has 0 heterocycles. The third kappa shape index (κ3) is 2.75. The van der Waals surface area contributed by atoms with Crippen LogP contribution in [0.4, 0.5) is 0 Å². The Kier molecular flexibility index (Phi) is 4.08. The van der Waals surface area contributed by atoms with E-state index in [9.17, 15) is 0 Å². The largest absolute Gasteiger partial charge is 0.309 e. The number of rotatable bonds is 4. The zero-order valence-electron chi connectivity index (χ0n) is 10.6. The zero-order valence-corrected chi connectivity index (χ0v) is 10.6. The lowest BCUT2D eigenvalue weighted by molar-refractivity contribution is 1.22. The SMILES string of the molecule is Cc1c(C/C=C\C=N)cccc1-c1ccccc1. The predicted molar refractivity (Wildman–Crippen MR) is 78.2 cm³/mol. The van der Waals surface area contributed by atoms with Gasteiger partial charge in [0.1, 0.15) is 0 Å². The third-order valence-corrected chi connectivity index (χ3v) is 3.10. The fourth-order valence-corrected chi connectivity index (χ4v) is 2.10. The normalized spacial score (nSPS) is 10.7. The van der Waals surface area contributed by atoms with E-state index in [1.54, 1.807) is 6.08 Å². The van der Waals surface area contributed by atoms with E-state index in [0.717, 1.165) is 6.42 Å². The Hall–Kier alpha value is -2.15. The molecule has 90 valence electrons. The molecule has 2 aromatic rings. The van der Waals surface area contributed by atoms with Crippen LogP contribution < -0.4 is 0 Å². The molecule has 0 aromatic heterocycles. The summed E-state index contributed by atoms with van der Waals surface area (Å²) in [6.45, 7) is 2.16. The fourth-order valence-electron chi connectivity index (χ4n) is 2.10. The van der Waals surface area contributed by atoms with Crippen LogP contribution in [0.25, 0.3) is 11.1 Å². The van der Waals surface area contributed by atoms with E-state index >= 15 is 0 Å². The molecule has 0 aliphatic rings. The van der Waals surface area contributed by atoms with Crippen molar-refractivity contribution in [3.8, 4) is 11.1 Å². The summed E-state index contributed by atoms with van der Waals surface area (Å²) in [5, 5.41) is 6.99. The maximum absolute atomic E-state index is 6.99. The van der Waals surface area contributed by atoms with Crippen LogP contribution in [0.5, 0.6) is 0 Å². The molecule has 0 saturated heterocycles. The maximum atomic E-state index is 6.99. The highest BCUT2D eigenvalue weighted by Crippen LogP contribution is 2.25. The van der Waals surface area contributed by atoms with Gasteiger partial charge in [0.05, 0.1) is 0 Å². The van der Waals surface area contributed by atoms with Crippen molar-refractivity contribution in [2.45, 2.75) is 13.3 Å². The van der Waals surface area contributed by atoms with E-state index in [1.165, 1.54) is 28.5 Å². The topological polar surface area (TPSA) is 23.9 Å². The molecular formula is C17H17N. The van der Waals surface area contributed by atoms with E-state index in [1.807, 2.05) is 12.1 Å². The monoisotopic (exact) mass is 235 g/mol. The predicted octanol–water partition coefficient (Wildman–Crippen LogP) is 4.41. The average molecular weight is 235 g/mol. The molecule has 1 N–H and O–H groups in total. The first-order valence-corrected chi connectivity index (χ1v) is 6.12. The molecule has 0 amide bonds. The Morgan fingerprint density at radius 3 is 2.50 bits per heavy atom. The quantitative estimate of drug-likeness (QED) is 0.759. The molecular weight excluding hydrogens is 218 g/mol. The van der Waals surface area contributed by atoms with Crippen molar-refractivity contribution in [3.63, 3.8) is 0 Å². The second-order valence-electron chi connectivity index (χ2n) is 4.25. The van der Waals surface area contributed by atoms with Crippen LogP contribution in [0.1, 0.15) is 11.1 Å². The molecule has 0 atom stereocenters. The van der Waals surface area contributed by atoms with Gasteiger partial charge in [0.15, 0.2) is 0 Å². The number of hydrogen-bond donors (Lipinski definition) is 1. The molecule has 0 aliphatic heterocycles. The van der Waals surface area contributed by atoms with Crippen LogP contribution in [0.15, 0.2) is 60.7 Å². The van der Waals surface area contributed by atoms with Gasteiger partial charge in [0, 0.05) is 6.21 Å². The van der Waals surface area contributed by atoms with Gasteiger partial charge in [-0.15, -0.1) is 0 Å². The summed E-state index contributed by atoms with van der Waals surface area (Å²) in [5.74, 6) is 0. The van der Waals surface area contributed by atoms with Crippen LogP contribution >= 0.6 is 0 Å². The van der Waals surface area contributed by atoms with Gasteiger partial charge in [-0.05, 0) is 41.7 Å². The first kappa shape index (κ1) is 12.3. The summed E-state index contributed by atoms with van der Waals surface area (Å²) < 4.78 is 0. The van der Waals surface area contributed by atoms with Crippen molar-refractivity contribution >= 4 is 6.21 Å². The molecule has 2 rings (SSSR count). The molecule has 0 spiro atoms. The number of allylic oxidation sites excluding steroid dienone is 2. The van der Waals surface area contributed by atoms with Crippen LogP contribution in [-0.4, -0.2) is 6.21 Å². The summed E-state index contributed by atoms with van der Waals surface area (Å²) in [6.07, 6.45) is 5.98. The summed E-state index contributed by atoms with van der Waals surface area (Å²) in [5.41, 5.74) is 5.18. The van der Waals surface area contributed by atoms with E-state index in [4.69, 9.17) is 5.41 Å². The van der Waals surface area contributed by atoms with E-state index in [-0.39, 0.29) is 0 Å². The van der Waals surface area contributed by atoms with Crippen LogP contribution in [0, 0.1) is 12.3 Å². The lowest BCUT2D eigenvalue weighted by Crippen LogP contribution is -1.91. The lowest BCUT2D eigenvalue weighted by Gasteiger charge is -2.10. The Labute approximate surface area is 108 Å². The van der Waals surface area contributed by atoms with Crippen LogP contribution in [0.3, 0.4) is 0 Å². The molecule has 0 saturated carbocycles. The maximum Gasteiger partial charge on any atom is 0.0174 e. The highest BCUT2D eigenvalue weighted by Gasteiger charge is 2.04. The van der Waals surface area contributed by atoms with Gasteiger partial charge in [0.25, 0.3) is 0 Å². The summed E-state index contributed by atoms with van der Waals surface area (Å²) in [6, 6.07) is 16.9. The molecule has 0 unspecified atom stereocenters. The first-order valence-electron chi connectivity index (χ1n) is 6.12. The number of nitrogens with one attached hydrogen (secondary N) is 1. The molecule has 0 aliphatic carbocycles. The van der Waals surface area contributed by atoms with E-state index in [2.05, 4.69) is 49.4 Å². The summed E-state index contributed by atoms with van der Waals surface area (Å²) in [7, 11) is 0. The van der Waals surface area contributed by atoms with Gasteiger partial charge in [-0.1, -0.05) is 54.6 Å². The molecule has 18 heavy (non-hydrogen) atoms. The van der Waals surface area contributed by atoms with Gasteiger partial charge >= 0.3 is 0 Å². The molecule has 0 radical (unpaired) electrons. The lowest BCUT2D eigenvalue weighted by atomic mass is 9.95. The fraction of sp³-hybridized carbons (Fsp3) is 0.118. The minimum absolute atomic E-state index is 0.877. The molecule has 1 heteroatoms. The van der Waals surface area contributed by atoms with Gasteiger partial charge in [-0.2, -0.15) is 0 Å². The second kappa shape index (κ2) is 5.97.